The molecule has 0 aliphatic heterocycles. The van der Waals surface area contributed by atoms with Gasteiger partial charge in [0.25, 0.3) is 0 Å². The maximum absolute atomic E-state index is 6.04. The van der Waals surface area contributed by atoms with Crippen LogP contribution in [0, 0.1) is 3.57 Å². The lowest BCUT2D eigenvalue weighted by Gasteiger charge is -2.07. The number of fused-ring (bicyclic) bond motifs is 1. The Morgan fingerprint density at radius 1 is 1.21 bits per heavy atom. The van der Waals surface area contributed by atoms with Gasteiger partial charge in [-0.05, 0) is 52.9 Å². The Bertz CT molecular complexity index is 752. The maximum Gasteiger partial charge on any atom is 0.205 e. The minimum atomic E-state index is 0.477. The molecule has 0 spiro atoms. The van der Waals surface area contributed by atoms with Gasteiger partial charge in [-0.1, -0.05) is 6.07 Å². The molecule has 0 saturated heterocycles. The first-order valence-electron chi connectivity index (χ1n) is 5.77. The summed E-state index contributed by atoms with van der Waals surface area (Å²) in [5.41, 5.74) is 8.84. The van der Waals surface area contributed by atoms with Gasteiger partial charge in [-0.25, -0.2) is 4.98 Å². The smallest absolute Gasteiger partial charge is 0.205 e. The average molecular weight is 365 g/mol. The van der Waals surface area contributed by atoms with Crippen molar-refractivity contribution >= 4 is 39.6 Å². The van der Waals surface area contributed by atoms with Crippen LogP contribution in [0.2, 0.25) is 0 Å². The van der Waals surface area contributed by atoms with Crippen LogP contribution in [-0.2, 0) is 0 Å². The third-order valence-electron chi connectivity index (χ3n) is 2.95. The summed E-state index contributed by atoms with van der Waals surface area (Å²) in [7, 11) is 1.65. The third kappa shape index (κ3) is 2.14. The summed E-state index contributed by atoms with van der Waals surface area (Å²) in [4.78, 5) is 4.38. The molecule has 0 unspecified atom stereocenters. The highest BCUT2D eigenvalue weighted by Crippen LogP contribution is 2.27. The van der Waals surface area contributed by atoms with E-state index < -0.39 is 0 Å². The van der Waals surface area contributed by atoms with Crippen molar-refractivity contribution in [2.24, 2.45) is 0 Å². The number of nitrogens with two attached hydrogens (primary N) is 1. The molecule has 0 fully saturated rings. The molecule has 2 aromatic carbocycles. The van der Waals surface area contributed by atoms with Gasteiger partial charge in [-0.2, -0.15) is 0 Å². The summed E-state index contributed by atoms with van der Waals surface area (Å²) < 4.78 is 8.35. The van der Waals surface area contributed by atoms with Crippen LogP contribution in [0.5, 0.6) is 5.75 Å². The van der Waals surface area contributed by atoms with Gasteiger partial charge in [0.05, 0.1) is 23.8 Å². The molecule has 0 aliphatic carbocycles. The van der Waals surface area contributed by atoms with Crippen LogP contribution in [-0.4, -0.2) is 16.7 Å². The molecule has 3 aromatic rings. The standard InChI is InChI=1S/C14H12IN3O/c1-19-11-5-6-12-13(8-11)18(14(16)17-12)10-4-2-3-9(15)7-10/h2-8H,1H3,(H2,16,17). The number of benzene rings is 2. The van der Waals surface area contributed by atoms with Crippen molar-refractivity contribution in [1.29, 1.82) is 0 Å². The molecule has 4 nitrogen and oxygen atoms in total. The Morgan fingerprint density at radius 2 is 2.05 bits per heavy atom. The number of rotatable bonds is 2. The maximum atomic E-state index is 6.04. The Morgan fingerprint density at radius 3 is 2.79 bits per heavy atom. The summed E-state index contributed by atoms with van der Waals surface area (Å²) in [6.45, 7) is 0. The molecule has 0 saturated carbocycles. The first kappa shape index (κ1) is 12.3. The molecule has 1 aromatic heterocycles. The van der Waals surface area contributed by atoms with Gasteiger partial charge in [-0.3, -0.25) is 4.57 Å². The summed E-state index contributed by atoms with van der Waals surface area (Å²) >= 11 is 2.28. The fourth-order valence-corrected chi connectivity index (χ4v) is 2.61. The summed E-state index contributed by atoms with van der Waals surface area (Å²) in [5, 5.41) is 0. The summed E-state index contributed by atoms with van der Waals surface area (Å²) in [6, 6.07) is 13.9. The Labute approximate surface area is 124 Å². The molecule has 5 heteroatoms. The lowest BCUT2D eigenvalue weighted by Crippen LogP contribution is -2.00. The topological polar surface area (TPSA) is 53.1 Å². The third-order valence-corrected chi connectivity index (χ3v) is 3.62. The number of imidazole rings is 1. The molecule has 0 atom stereocenters. The van der Waals surface area contributed by atoms with Crippen molar-refractivity contribution in [1.82, 2.24) is 9.55 Å². The van der Waals surface area contributed by atoms with E-state index in [2.05, 4.69) is 33.6 Å². The minimum Gasteiger partial charge on any atom is -0.497 e. The van der Waals surface area contributed by atoms with Crippen LogP contribution in [0.15, 0.2) is 42.5 Å². The second kappa shape index (κ2) is 4.73. The molecule has 0 amide bonds. The number of halogens is 1. The molecular formula is C14H12IN3O. The predicted molar refractivity (Wildman–Crippen MR) is 84.8 cm³/mol. The molecule has 2 N–H and O–H groups in total. The van der Waals surface area contributed by atoms with Crippen molar-refractivity contribution in [3.63, 3.8) is 0 Å². The first-order valence-corrected chi connectivity index (χ1v) is 6.85. The molecule has 0 bridgehead atoms. The molecular weight excluding hydrogens is 353 g/mol. The van der Waals surface area contributed by atoms with Crippen molar-refractivity contribution in [3.05, 3.63) is 46.0 Å². The number of nitrogens with zero attached hydrogens (tertiary/aromatic N) is 2. The number of nitrogen functional groups attached to an aromatic ring is 1. The van der Waals surface area contributed by atoms with E-state index >= 15 is 0 Å². The van der Waals surface area contributed by atoms with Crippen molar-refractivity contribution in [2.45, 2.75) is 0 Å². The minimum absolute atomic E-state index is 0.477. The molecule has 0 aliphatic rings. The zero-order valence-electron chi connectivity index (χ0n) is 10.3. The van der Waals surface area contributed by atoms with Crippen molar-refractivity contribution in [2.75, 3.05) is 12.8 Å². The lowest BCUT2D eigenvalue weighted by atomic mass is 10.2. The van der Waals surface area contributed by atoms with Gasteiger partial charge in [0.1, 0.15) is 5.75 Å². The van der Waals surface area contributed by atoms with Gasteiger partial charge in [0.15, 0.2) is 0 Å². The highest BCUT2D eigenvalue weighted by molar-refractivity contribution is 14.1. The van der Waals surface area contributed by atoms with Crippen LogP contribution in [0.1, 0.15) is 0 Å². The SMILES string of the molecule is COc1ccc2nc(N)n(-c3cccc(I)c3)c2c1. The second-order valence-corrected chi connectivity index (χ2v) is 5.39. The van der Waals surface area contributed by atoms with E-state index in [0.29, 0.717) is 5.95 Å². The van der Waals surface area contributed by atoms with E-state index in [0.717, 1.165) is 26.0 Å². The largest absolute Gasteiger partial charge is 0.497 e. The Kier molecular flexibility index (Phi) is 3.06. The molecule has 19 heavy (non-hydrogen) atoms. The van der Waals surface area contributed by atoms with Gasteiger partial charge in [-0.15, -0.1) is 0 Å². The van der Waals surface area contributed by atoms with E-state index in [9.17, 15) is 0 Å². The normalized spacial score (nSPS) is 10.8. The number of ether oxygens (including phenoxy) is 1. The van der Waals surface area contributed by atoms with Crippen LogP contribution >= 0.6 is 22.6 Å². The zero-order valence-corrected chi connectivity index (χ0v) is 12.5. The monoisotopic (exact) mass is 365 g/mol. The van der Waals surface area contributed by atoms with Crippen LogP contribution < -0.4 is 10.5 Å². The quantitative estimate of drug-likeness (QED) is 0.710. The average Bonchev–Trinajstić information content (AvgIpc) is 2.73. The van der Waals surface area contributed by atoms with E-state index in [1.807, 2.05) is 41.0 Å². The molecule has 96 valence electrons. The number of anilines is 1. The van der Waals surface area contributed by atoms with E-state index in [1.165, 1.54) is 0 Å². The highest BCUT2D eigenvalue weighted by atomic mass is 127. The molecule has 3 rings (SSSR count). The van der Waals surface area contributed by atoms with Crippen LogP contribution in [0.25, 0.3) is 16.7 Å². The highest BCUT2D eigenvalue weighted by Gasteiger charge is 2.11. The molecule has 0 radical (unpaired) electrons. The summed E-state index contributed by atoms with van der Waals surface area (Å²) in [5.74, 6) is 1.27. The fourth-order valence-electron chi connectivity index (χ4n) is 2.09. The van der Waals surface area contributed by atoms with E-state index in [4.69, 9.17) is 10.5 Å². The lowest BCUT2D eigenvalue weighted by molar-refractivity contribution is 0.415. The second-order valence-electron chi connectivity index (χ2n) is 4.14. The van der Waals surface area contributed by atoms with Gasteiger partial charge in [0, 0.05) is 9.64 Å². The Hall–Kier alpha value is -1.76. The number of methoxy groups -OCH3 is 1. The fraction of sp³-hybridized carbons (Fsp3) is 0.0714. The van der Waals surface area contributed by atoms with E-state index in [1.54, 1.807) is 7.11 Å². The van der Waals surface area contributed by atoms with Gasteiger partial charge >= 0.3 is 0 Å². The summed E-state index contributed by atoms with van der Waals surface area (Å²) in [6.07, 6.45) is 0. The van der Waals surface area contributed by atoms with E-state index in [-0.39, 0.29) is 0 Å². The molecule has 1 heterocycles. The number of hydrogen-bond donors (Lipinski definition) is 1. The van der Waals surface area contributed by atoms with Crippen LogP contribution in [0.3, 0.4) is 0 Å². The van der Waals surface area contributed by atoms with Crippen molar-refractivity contribution < 1.29 is 4.74 Å². The Balaban J connectivity index is 2.30. The number of hydrogen-bond acceptors (Lipinski definition) is 3. The van der Waals surface area contributed by atoms with Crippen molar-refractivity contribution in [3.8, 4) is 11.4 Å². The first-order chi connectivity index (χ1) is 9.19. The van der Waals surface area contributed by atoms with Gasteiger partial charge in [0.2, 0.25) is 5.95 Å². The van der Waals surface area contributed by atoms with Crippen LogP contribution in [0.4, 0.5) is 5.95 Å². The zero-order chi connectivity index (χ0) is 13.4. The van der Waals surface area contributed by atoms with Gasteiger partial charge < -0.3 is 10.5 Å². The number of aromatic nitrogens is 2. The predicted octanol–water partition coefficient (Wildman–Crippen LogP) is 3.22.